The standard InChI is InChI=1S/C19H15NO3S/c1-3-11-8-12-15(9-14(11)21)23-10(2)17(18(12)22)19-20-13-6-4-5-7-16(13)24-19/h4-9,21H,3H2,1-2H3. The average Bonchev–Trinajstić information content (AvgIpc) is 2.97. The summed E-state index contributed by atoms with van der Waals surface area (Å²) < 4.78 is 6.84. The highest BCUT2D eigenvalue weighted by atomic mass is 32.1. The Bertz CT molecular complexity index is 1110. The Kier molecular flexibility index (Phi) is 3.39. The van der Waals surface area contributed by atoms with E-state index in [1.165, 1.54) is 17.4 Å². The molecule has 0 radical (unpaired) electrons. The van der Waals surface area contributed by atoms with Crippen molar-refractivity contribution in [3.05, 3.63) is 57.9 Å². The van der Waals surface area contributed by atoms with E-state index in [1.54, 1.807) is 13.0 Å². The number of thiazole rings is 1. The second-order valence-electron chi connectivity index (χ2n) is 5.68. The first-order chi connectivity index (χ1) is 11.6. The van der Waals surface area contributed by atoms with E-state index in [-0.39, 0.29) is 11.2 Å². The zero-order chi connectivity index (χ0) is 16.8. The number of hydrogen-bond acceptors (Lipinski definition) is 5. The van der Waals surface area contributed by atoms with Crippen molar-refractivity contribution in [2.45, 2.75) is 20.3 Å². The van der Waals surface area contributed by atoms with Gasteiger partial charge in [-0.1, -0.05) is 19.1 Å². The maximum absolute atomic E-state index is 13.0. The third-order valence-corrected chi connectivity index (χ3v) is 5.21. The van der Waals surface area contributed by atoms with Gasteiger partial charge < -0.3 is 9.52 Å². The quantitative estimate of drug-likeness (QED) is 0.578. The minimum Gasteiger partial charge on any atom is -0.508 e. The summed E-state index contributed by atoms with van der Waals surface area (Å²) in [5, 5.41) is 11.1. The SMILES string of the molecule is CCc1cc2c(=O)c(-c3nc4ccccc4s3)c(C)oc2cc1O. The van der Waals surface area contributed by atoms with Crippen LogP contribution >= 0.6 is 11.3 Å². The average molecular weight is 337 g/mol. The molecule has 0 spiro atoms. The third kappa shape index (κ3) is 2.20. The molecule has 4 aromatic rings. The van der Waals surface area contributed by atoms with E-state index in [4.69, 9.17) is 4.42 Å². The fraction of sp³-hybridized carbons (Fsp3) is 0.158. The van der Waals surface area contributed by atoms with Gasteiger partial charge in [0.2, 0.25) is 5.43 Å². The second-order valence-corrected chi connectivity index (χ2v) is 6.71. The first kappa shape index (κ1) is 14.9. The van der Waals surface area contributed by atoms with Crippen molar-refractivity contribution in [3.8, 4) is 16.3 Å². The summed E-state index contributed by atoms with van der Waals surface area (Å²) >= 11 is 1.48. The van der Waals surface area contributed by atoms with Crippen molar-refractivity contribution < 1.29 is 9.52 Å². The zero-order valence-corrected chi connectivity index (χ0v) is 14.1. The number of phenols is 1. The summed E-state index contributed by atoms with van der Waals surface area (Å²) in [5.41, 5.74) is 2.39. The highest BCUT2D eigenvalue weighted by Gasteiger charge is 2.18. The van der Waals surface area contributed by atoms with Crippen LogP contribution in [0.4, 0.5) is 0 Å². The predicted molar refractivity (Wildman–Crippen MR) is 96.9 cm³/mol. The molecule has 4 rings (SSSR count). The molecule has 0 unspecified atom stereocenters. The summed E-state index contributed by atoms with van der Waals surface area (Å²) in [6.07, 6.45) is 0.644. The molecule has 0 aliphatic carbocycles. The molecule has 2 aromatic heterocycles. The van der Waals surface area contributed by atoms with Crippen LogP contribution in [-0.4, -0.2) is 10.1 Å². The molecule has 120 valence electrons. The number of para-hydroxylation sites is 1. The summed E-state index contributed by atoms with van der Waals surface area (Å²) in [5.74, 6) is 0.662. The van der Waals surface area contributed by atoms with Crippen molar-refractivity contribution in [2.75, 3.05) is 0 Å². The number of hydrogen-bond donors (Lipinski definition) is 1. The van der Waals surface area contributed by atoms with Crippen molar-refractivity contribution >= 4 is 32.5 Å². The Morgan fingerprint density at radius 1 is 1.25 bits per heavy atom. The van der Waals surface area contributed by atoms with Gasteiger partial charge in [-0.05, 0) is 37.1 Å². The lowest BCUT2D eigenvalue weighted by Gasteiger charge is -2.07. The molecule has 24 heavy (non-hydrogen) atoms. The molecule has 0 bridgehead atoms. The maximum Gasteiger partial charge on any atom is 0.203 e. The topological polar surface area (TPSA) is 63.3 Å². The lowest BCUT2D eigenvalue weighted by molar-refractivity contribution is 0.467. The lowest BCUT2D eigenvalue weighted by Crippen LogP contribution is -2.07. The van der Waals surface area contributed by atoms with Crippen molar-refractivity contribution in [1.29, 1.82) is 0 Å². The highest BCUT2D eigenvalue weighted by molar-refractivity contribution is 7.21. The monoisotopic (exact) mass is 337 g/mol. The third-order valence-electron chi connectivity index (χ3n) is 4.16. The van der Waals surface area contributed by atoms with E-state index in [0.29, 0.717) is 33.7 Å². The summed E-state index contributed by atoms with van der Waals surface area (Å²) in [7, 11) is 0. The molecule has 2 aromatic carbocycles. The van der Waals surface area contributed by atoms with Gasteiger partial charge in [-0.25, -0.2) is 4.98 Å². The van der Waals surface area contributed by atoms with Crippen LogP contribution in [0.2, 0.25) is 0 Å². The minimum atomic E-state index is -0.109. The van der Waals surface area contributed by atoms with Gasteiger partial charge in [0.25, 0.3) is 0 Å². The highest BCUT2D eigenvalue weighted by Crippen LogP contribution is 2.32. The zero-order valence-electron chi connectivity index (χ0n) is 13.3. The largest absolute Gasteiger partial charge is 0.508 e. The van der Waals surface area contributed by atoms with E-state index in [2.05, 4.69) is 4.98 Å². The molecule has 4 nitrogen and oxygen atoms in total. The van der Waals surface area contributed by atoms with E-state index >= 15 is 0 Å². The minimum absolute atomic E-state index is 0.109. The van der Waals surface area contributed by atoms with Crippen molar-refractivity contribution in [1.82, 2.24) is 4.98 Å². The van der Waals surface area contributed by atoms with Gasteiger partial charge in [-0.15, -0.1) is 11.3 Å². The molecule has 0 fully saturated rings. The van der Waals surface area contributed by atoms with Gasteiger partial charge in [0.1, 0.15) is 22.1 Å². The normalized spacial score (nSPS) is 11.4. The Labute approximate surface area is 142 Å². The fourth-order valence-electron chi connectivity index (χ4n) is 2.90. The number of aryl methyl sites for hydroxylation is 2. The molecular weight excluding hydrogens is 322 g/mol. The lowest BCUT2D eigenvalue weighted by atomic mass is 10.1. The van der Waals surface area contributed by atoms with Crippen LogP contribution in [0.3, 0.4) is 0 Å². The molecular formula is C19H15NO3S. The van der Waals surface area contributed by atoms with Crippen LogP contribution in [0, 0.1) is 6.92 Å². The summed E-state index contributed by atoms with van der Waals surface area (Å²) in [4.78, 5) is 17.6. The number of rotatable bonds is 2. The van der Waals surface area contributed by atoms with Crippen LogP contribution < -0.4 is 5.43 Å². The van der Waals surface area contributed by atoms with Crippen LogP contribution in [0.1, 0.15) is 18.2 Å². The van der Waals surface area contributed by atoms with E-state index in [9.17, 15) is 9.90 Å². The molecule has 0 amide bonds. The smallest absolute Gasteiger partial charge is 0.203 e. The number of benzene rings is 2. The van der Waals surface area contributed by atoms with Gasteiger partial charge in [-0.2, -0.15) is 0 Å². The summed E-state index contributed by atoms with van der Waals surface area (Å²) in [6, 6.07) is 11.0. The molecule has 2 heterocycles. The fourth-order valence-corrected chi connectivity index (χ4v) is 3.95. The van der Waals surface area contributed by atoms with Gasteiger partial charge in [0, 0.05) is 6.07 Å². The van der Waals surface area contributed by atoms with Crippen molar-refractivity contribution in [2.24, 2.45) is 0 Å². The number of aromatic hydroxyl groups is 1. The molecule has 1 N–H and O–H groups in total. The molecule has 0 saturated carbocycles. The first-order valence-electron chi connectivity index (χ1n) is 7.73. The Morgan fingerprint density at radius 3 is 2.79 bits per heavy atom. The number of fused-ring (bicyclic) bond motifs is 2. The Hall–Kier alpha value is -2.66. The van der Waals surface area contributed by atoms with E-state index in [0.717, 1.165) is 15.8 Å². The Balaban J connectivity index is 2.04. The van der Waals surface area contributed by atoms with Gasteiger partial charge >= 0.3 is 0 Å². The molecule has 0 aliphatic heterocycles. The van der Waals surface area contributed by atoms with Crippen LogP contribution in [0.25, 0.3) is 31.8 Å². The van der Waals surface area contributed by atoms with Gasteiger partial charge in [0.15, 0.2) is 0 Å². The maximum atomic E-state index is 13.0. The van der Waals surface area contributed by atoms with E-state index < -0.39 is 0 Å². The first-order valence-corrected chi connectivity index (χ1v) is 8.55. The van der Waals surface area contributed by atoms with E-state index in [1.807, 2.05) is 31.2 Å². The number of nitrogens with zero attached hydrogens (tertiary/aromatic N) is 1. The second kappa shape index (κ2) is 5.46. The number of phenolic OH excluding ortho intramolecular Hbond substituents is 1. The number of aromatic nitrogens is 1. The Morgan fingerprint density at radius 2 is 2.04 bits per heavy atom. The summed E-state index contributed by atoms with van der Waals surface area (Å²) in [6.45, 7) is 3.69. The molecule has 5 heteroatoms. The van der Waals surface area contributed by atoms with Crippen LogP contribution in [-0.2, 0) is 6.42 Å². The van der Waals surface area contributed by atoms with Crippen LogP contribution in [0.5, 0.6) is 5.75 Å². The van der Waals surface area contributed by atoms with Crippen LogP contribution in [0.15, 0.2) is 45.6 Å². The molecule has 0 aliphatic rings. The van der Waals surface area contributed by atoms with Crippen molar-refractivity contribution in [3.63, 3.8) is 0 Å². The molecule has 0 saturated heterocycles. The van der Waals surface area contributed by atoms with Gasteiger partial charge in [0.05, 0.1) is 21.2 Å². The van der Waals surface area contributed by atoms with Gasteiger partial charge in [-0.3, -0.25) is 4.79 Å². The molecule has 0 atom stereocenters. The predicted octanol–water partition coefficient (Wildman–Crippen LogP) is 4.65.